The van der Waals surface area contributed by atoms with Gasteiger partial charge >= 0.3 is 0 Å². The first-order valence-corrected chi connectivity index (χ1v) is 8.43. The summed E-state index contributed by atoms with van der Waals surface area (Å²) in [5.74, 6) is 0.509. The standard InChI is InChI=1S/C20H20N4O3/c1-27-17-4-2-3-13(11-17)5-10-16-12-18(24-23-16)22-20(26)15-8-6-14(7-9-15)19(21)25/h2-4,6-9,11-12H,5,10H2,1H3,(H2,21,25)(H2,22,23,24,26). The lowest BCUT2D eigenvalue weighted by Gasteiger charge is -2.03. The van der Waals surface area contributed by atoms with Crippen LogP contribution < -0.4 is 15.8 Å². The second kappa shape index (κ2) is 8.18. The number of rotatable bonds is 7. The maximum atomic E-state index is 12.3. The number of hydrogen-bond acceptors (Lipinski definition) is 4. The molecule has 0 unspecified atom stereocenters. The van der Waals surface area contributed by atoms with Crippen LogP contribution in [0, 0.1) is 0 Å². The first kappa shape index (κ1) is 18.2. The van der Waals surface area contributed by atoms with Crippen molar-refractivity contribution in [1.29, 1.82) is 0 Å². The highest BCUT2D eigenvalue weighted by molar-refractivity contribution is 6.04. The fourth-order valence-corrected chi connectivity index (χ4v) is 2.64. The van der Waals surface area contributed by atoms with Gasteiger partial charge in [0, 0.05) is 17.2 Å². The van der Waals surface area contributed by atoms with Crippen LogP contribution >= 0.6 is 0 Å². The average Bonchev–Trinajstić information content (AvgIpc) is 3.14. The van der Waals surface area contributed by atoms with Crippen LogP contribution in [-0.4, -0.2) is 29.1 Å². The van der Waals surface area contributed by atoms with E-state index in [0.29, 0.717) is 16.9 Å². The molecule has 0 aliphatic carbocycles. The molecule has 1 aromatic heterocycles. The highest BCUT2D eigenvalue weighted by atomic mass is 16.5. The Morgan fingerprint density at radius 3 is 2.52 bits per heavy atom. The second-order valence-corrected chi connectivity index (χ2v) is 6.02. The number of aryl methyl sites for hydroxylation is 2. The molecule has 0 fully saturated rings. The smallest absolute Gasteiger partial charge is 0.256 e. The van der Waals surface area contributed by atoms with Gasteiger partial charge in [-0.25, -0.2) is 0 Å². The molecule has 7 nitrogen and oxygen atoms in total. The predicted octanol–water partition coefficient (Wildman–Crippen LogP) is 2.55. The zero-order valence-corrected chi connectivity index (χ0v) is 14.9. The van der Waals surface area contributed by atoms with Crippen LogP contribution in [0.1, 0.15) is 32.0 Å². The van der Waals surface area contributed by atoms with Crippen LogP contribution in [0.4, 0.5) is 5.82 Å². The van der Waals surface area contributed by atoms with E-state index in [4.69, 9.17) is 10.5 Å². The fourth-order valence-electron chi connectivity index (χ4n) is 2.64. The van der Waals surface area contributed by atoms with E-state index in [0.717, 1.165) is 29.8 Å². The Labute approximate surface area is 156 Å². The molecular weight excluding hydrogens is 344 g/mol. The van der Waals surface area contributed by atoms with Gasteiger partial charge in [0.1, 0.15) is 11.6 Å². The molecule has 0 aliphatic heterocycles. The monoisotopic (exact) mass is 364 g/mol. The summed E-state index contributed by atoms with van der Waals surface area (Å²) in [4.78, 5) is 23.3. The van der Waals surface area contributed by atoms with E-state index >= 15 is 0 Å². The zero-order valence-electron chi connectivity index (χ0n) is 14.9. The number of hydrogen-bond donors (Lipinski definition) is 3. The second-order valence-electron chi connectivity index (χ2n) is 6.02. The van der Waals surface area contributed by atoms with E-state index in [2.05, 4.69) is 15.5 Å². The molecule has 7 heteroatoms. The largest absolute Gasteiger partial charge is 0.497 e. The molecule has 3 rings (SSSR count). The van der Waals surface area contributed by atoms with Crippen molar-refractivity contribution in [1.82, 2.24) is 10.2 Å². The Balaban J connectivity index is 1.58. The first-order valence-electron chi connectivity index (χ1n) is 8.43. The van der Waals surface area contributed by atoms with Crippen LogP contribution in [0.2, 0.25) is 0 Å². The number of carbonyl (C=O) groups excluding carboxylic acids is 2. The Kier molecular flexibility index (Phi) is 5.51. The molecular formula is C20H20N4O3. The lowest BCUT2D eigenvalue weighted by molar-refractivity contribution is 0.0995. The molecule has 0 saturated heterocycles. The van der Waals surface area contributed by atoms with E-state index in [1.807, 2.05) is 24.3 Å². The van der Waals surface area contributed by atoms with Crippen LogP contribution in [0.5, 0.6) is 5.75 Å². The maximum absolute atomic E-state index is 12.3. The minimum Gasteiger partial charge on any atom is -0.497 e. The number of amides is 2. The lowest BCUT2D eigenvalue weighted by Crippen LogP contribution is -2.14. The molecule has 2 amide bonds. The Bertz CT molecular complexity index is 948. The van der Waals surface area contributed by atoms with Gasteiger partial charge in [-0.05, 0) is 54.8 Å². The van der Waals surface area contributed by atoms with Gasteiger partial charge in [-0.3, -0.25) is 14.7 Å². The van der Waals surface area contributed by atoms with Gasteiger partial charge in [0.05, 0.1) is 12.8 Å². The lowest BCUT2D eigenvalue weighted by atomic mass is 10.1. The molecule has 3 aromatic rings. The van der Waals surface area contributed by atoms with Crippen molar-refractivity contribution in [2.45, 2.75) is 12.8 Å². The van der Waals surface area contributed by atoms with Crippen molar-refractivity contribution >= 4 is 17.6 Å². The van der Waals surface area contributed by atoms with Crippen molar-refractivity contribution < 1.29 is 14.3 Å². The van der Waals surface area contributed by atoms with Gasteiger partial charge in [0.15, 0.2) is 0 Å². The maximum Gasteiger partial charge on any atom is 0.256 e. The average molecular weight is 364 g/mol. The minimum atomic E-state index is -0.531. The Morgan fingerprint density at radius 2 is 1.81 bits per heavy atom. The van der Waals surface area contributed by atoms with Gasteiger partial charge in [0.25, 0.3) is 5.91 Å². The van der Waals surface area contributed by atoms with Crippen LogP contribution in [-0.2, 0) is 12.8 Å². The summed E-state index contributed by atoms with van der Waals surface area (Å²) in [6.45, 7) is 0. The van der Waals surface area contributed by atoms with Crippen LogP contribution in [0.15, 0.2) is 54.6 Å². The first-order chi connectivity index (χ1) is 13.0. The number of H-pyrrole nitrogens is 1. The van der Waals surface area contributed by atoms with Crippen LogP contribution in [0.25, 0.3) is 0 Å². The third kappa shape index (κ3) is 4.72. The van der Waals surface area contributed by atoms with Gasteiger partial charge in [-0.1, -0.05) is 12.1 Å². The van der Waals surface area contributed by atoms with Gasteiger partial charge in [-0.15, -0.1) is 0 Å². The summed E-state index contributed by atoms with van der Waals surface area (Å²) in [5, 5.41) is 9.79. The van der Waals surface area contributed by atoms with Crippen molar-refractivity contribution in [3.63, 3.8) is 0 Å². The number of anilines is 1. The molecule has 0 atom stereocenters. The van der Waals surface area contributed by atoms with E-state index < -0.39 is 5.91 Å². The summed E-state index contributed by atoms with van der Waals surface area (Å²) < 4.78 is 5.22. The fraction of sp³-hybridized carbons (Fsp3) is 0.150. The molecule has 1 heterocycles. The quantitative estimate of drug-likeness (QED) is 0.598. The number of nitrogens with one attached hydrogen (secondary N) is 2. The van der Waals surface area contributed by atoms with Gasteiger partial charge < -0.3 is 15.8 Å². The molecule has 27 heavy (non-hydrogen) atoms. The number of benzene rings is 2. The van der Waals surface area contributed by atoms with Gasteiger partial charge in [-0.2, -0.15) is 5.10 Å². The number of nitrogens with two attached hydrogens (primary N) is 1. The molecule has 0 spiro atoms. The van der Waals surface area contributed by atoms with E-state index in [1.165, 1.54) is 12.1 Å². The topological polar surface area (TPSA) is 110 Å². The van der Waals surface area contributed by atoms with E-state index in [1.54, 1.807) is 25.3 Å². The molecule has 0 saturated carbocycles. The number of nitrogens with zero attached hydrogens (tertiary/aromatic N) is 1. The third-order valence-corrected chi connectivity index (χ3v) is 4.11. The van der Waals surface area contributed by atoms with Crippen LogP contribution in [0.3, 0.4) is 0 Å². The zero-order chi connectivity index (χ0) is 19.2. The van der Waals surface area contributed by atoms with E-state index in [-0.39, 0.29) is 5.91 Å². The number of aromatic amines is 1. The van der Waals surface area contributed by atoms with Gasteiger partial charge in [0.2, 0.25) is 5.91 Å². The Hall–Kier alpha value is -3.61. The molecule has 0 aliphatic rings. The summed E-state index contributed by atoms with van der Waals surface area (Å²) in [5.41, 5.74) is 7.97. The SMILES string of the molecule is COc1cccc(CCc2cc(NC(=O)c3ccc(C(N)=O)cc3)[nH]n2)c1. The molecule has 2 aromatic carbocycles. The van der Waals surface area contributed by atoms with E-state index in [9.17, 15) is 9.59 Å². The Morgan fingerprint density at radius 1 is 1.07 bits per heavy atom. The molecule has 138 valence electrons. The van der Waals surface area contributed by atoms with Crippen molar-refractivity contribution in [2.75, 3.05) is 12.4 Å². The van der Waals surface area contributed by atoms with Crippen molar-refractivity contribution in [3.8, 4) is 5.75 Å². The number of carbonyl (C=O) groups is 2. The summed E-state index contributed by atoms with van der Waals surface area (Å²) >= 11 is 0. The summed E-state index contributed by atoms with van der Waals surface area (Å²) in [7, 11) is 1.64. The predicted molar refractivity (Wildman–Crippen MR) is 102 cm³/mol. The summed E-state index contributed by atoms with van der Waals surface area (Å²) in [6, 6.07) is 15.8. The molecule has 0 radical (unpaired) electrons. The highest BCUT2D eigenvalue weighted by Gasteiger charge is 2.10. The molecule has 0 bridgehead atoms. The third-order valence-electron chi connectivity index (χ3n) is 4.11. The summed E-state index contributed by atoms with van der Waals surface area (Å²) in [6.07, 6.45) is 1.54. The number of aromatic nitrogens is 2. The highest BCUT2D eigenvalue weighted by Crippen LogP contribution is 2.15. The molecule has 4 N–H and O–H groups in total. The van der Waals surface area contributed by atoms with Crippen molar-refractivity contribution in [2.24, 2.45) is 5.73 Å². The minimum absolute atomic E-state index is 0.297. The number of primary amides is 1. The number of methoxy groups -OCH3 is 1. The van der Waals surface area contributed by atoms with Crippen molar-refractivity contribution in [3.05, 3.63) is 77.0 Å². The number of ether oxygens (including phenoxy) is 1. The normalized spacial score (nSPS) is 10.4.